The van der Waals surface area contributed by atoms with Gasteiger partial charge in [0, 0.05) is 26.2 Å². The van der Waals surface area contributed by atoms with Crippen molar-refractivity contribution in [1.29, 1.82) is 0 Å². The van der Waals surface area contributed by atoms with Gasteiger partial charge in [0.05, 0.1) is 0 Å². The number of rotatable bonds is 8. The molecule has 92 valence electrons. The smallest absolute Gasteiger partial charge is 0.325 e. The summed E-state index contributed by atoms with van der Waals surface area (Å²) in [5, 5.41) is 3.28. The summed E-state index contributed by atoms with van der Waals surface area (Å²) in [7, 11) is -1.69. The molecule has 3 N–H and O–H groups in total. The van der Waals surface area contributed by atoms with E-state index in [0.29, 0.717) is 6.54 Å². The predicted molar refractivity (Wildman–Crippen MR) is 69.8 cm³/mol. The summed E-state index contributed by atoms with van der Waals surface area (Å²) >= 11 is 0. The summed E-state index contributed by atoms with van der Waals surface area (Å²) in [4.78, 5) is 0. The van der Waals surface area contributed by atoms with Gasteiger partial charge in [0.25, 0.3) is 0 Å². The molecule has 0 aromatic heterocycles. The maximum Gasteiger partial charge on any atom is 0.325 e. The van der Waals surface area contributed by atoms with Crippen LogP contribution in [0.2, 0.25) is 32.2 Å². The molecule has 0 amide bonds. The molecule has 0 radical (unpaired) electrons. The lowest BCUT2D eigenvalue weighted by Crippen LogP contribution is -2.48. The van der Waals surface area contributed by atoms with Gasteiger partial charge in [0.15, 0.2) is 8.32 Å². The molecule has 0 aliphatic rings. The van der Waals surface area contributed by atoms with Crippen LogP contribution in [0.15, 0.2) is 0 Å². The second kappa shape index (κ2) is 6.77. The first-order chi connectivity index (χ1) is 6.83. The average Bonchev–Trinajstić information content (AvgIpc) is 2.10. The average molecular weight is 250 g/mol. The van der Waals surface area contributed by atoms with Gasteiger partial charge >= 0.3 is 8.56 Å². The largest absolute Gasteiger partial charge is 0.436 e. The molecule has 0 fully saturated rings. The minimum atomic E-state index is -1.95. The predicted octanol–water partition coefficient (Wildman–Crippen LogP) is 1.10. The molecule has 6 heteroatoms. The lowest BCUT2D eigenvalue weighted by molar-refractivity contribution is 0.302. The van der Waals surface area contributed by atoms with Crippen LogP contribution in [0.5, 0.6) is 0 Å². The fourth-order valence-electron chi connectivity index (χ4n) is 1.38. The fourth-order valence-corrected chi connectivity index (χ4v) is 8.14. The van der Waals surface area contributed by atoms with E-state index in [1.165, 1.54) is 0 Å². The highest BCUT2D eigenvalue weighted by molar-refractivity contribution is 6.81. The minimum absolute atomic E-state index is 0.681. The van der Waals surface area contributed by atoms with Gasteiger partial charge in [-0.1, -0.05) is 0 Å². The Morgan fingerprint density at radius 1 is 1.13 bits per heavy atom. The maximum atomic E-state index is 6.14. The minimum Gasteiger partial charge on any atom is -0.436 e. The van der Waals surface area contributed by atoms with Crippen LogP contribution in [0.1, 0.15) is 0 Å². The molecular formula is C9H26N2O2Si2. The van der Waals surface area contributed by atoms with Gasteiger partial charge in [0.2, 0.25) is 0 Å². The molecule has 0 heterocycles. The van der Waals surface area contributed by atoms with Crippen molar-refractivity contribution >= 4 is 16.9 Å². The molecule has 0 spiro atoms. The Morgan fingerprint density at radius 3 is 2.13 bits per heavy atom. The van der Waals surface area contributed by atoms with E-state index in [-0.39, 0.29) is 0 Å². The van der Waals surface area contributed by atoms with Crippen molar-refractivity contribution in [2.75, 3.05) is 26.7 Å². The van der Waals surface area contributed by atoms with Gasteiger partial charge in [-0.3, -0.25) is 0 Å². The number of hydrogen-bond donors (Lipinski definition) is 2. The summed E-state index contributed by atoms with van der Waals surface area (Å²) in [5.41, 5.74) is 5.41. The molecule has 0 bridgehead atoms. The third-order valence-electron chi connectivity index (χ3n) is 2.03. The van der Waals surface area contributed by atoms with Crippen LogP contribution in [-0.4, -0.2) is 43.6 Å². The zero-order valence-electron chi connectivity index (χ0n) is 10.7. The lowest BCUT2D eigenvalue weighted by atomic mass is 10.6. The highest BCUT2D eigenvalue weighted by atomic mass is 28.4. The SMILES string of the molecule is CO[Si](C)(CCNCCN)O[Si](C)(C)C. The first-order valence-electron chi connectivity index (χ1n) is 5.49. The summed E-state index contributed by atoms with van der Waals surface area (Å²) in [5.74, 6) is 0. The van der Waals surface area contributed by atoms with Crippen LogP contribution >= 0.6 is 0 Å². The van der Waals surface area contributed by atoms with Crippen molar-refractivity contribution < 1.29 is 8.54 Å². The molecule has 0 aromatic rings. The van der Waals surface area contributed by atoms with Crippen LogP contribution in [0.25, 0.3) is 0 Å². The Bertz CT molecular complexity index is 176. The van der Waals surface area contributed by atoms with Crippen LogP contribution in [-0.2, 0) is 8.54 Å². The Kier molecular flexibility index (Phi) is 6.89. The molecule has 0 aliphatic heterocycles. The van der Waals surface area contributed by atoms with E-state index in [2.05, 4.69) is 31.5 Å². The highest BCUT2D eigenvalue weighted by Crippen LogP contribution is 2.18. The van der Waals surface area contributed by atoms with Crippen molar-refractivity contribution in [2.24, 2.45) is 5.73 Å². The van der Waals surface area contributed by atoms with E-state index >= 15 is 0 Å². The zero-order chi connectivity index (χ0) is 11.9. The summed E-state index contributed by atoms with van der Waals surface area (Å²) < 4.78 is 11.7. The lowest BCUT2D eigenvalue weighted by Gasteiger charge is -2.32. The third-order valence-corrected chi connectivity index (χ3v) is 8.23. The van der Waals surface area contributed by atoms with Crippen LogP contribution in [0.4, 0.5) is 0 Å². The van der Waals surface area contributed by atoms with Crippen LogP contribution < -0.4 is 11.1 Å². The van der Waals surface area contributed by atoms with Gasteiger partial charge in [-0.15, -0.1) is 0 Å². The molecule has 0 saturated heterocycles. The van der Waals surface area contributed by atoms with Crippen molar-refractivity contribution in [1.82, 2.24) is 5.32 Å². The van der Waals surface area contributed by atoms with Crippen LogP contribution in [0, 0.1) is 0 Å². The summed E-state index contributed by atoms with van der Waals surface area (Å²) in [6, 6.07) is 0.980. The molecule has 0 saturated carbocycles. The standard InChI is InChI=1S/C9H26N2O2Si2/c1-12-15(5,13-14(2,3)4)9-8-11-7-6-10/h11H,6-10H2,1-5H3. The van der Waals surface area contributed by atoms with E-state index in [1.807, 2.05) is 0 Å². The fraction of sp³-hybridized carbons (Fsp3) is 1.00. The number of hydrogen-bond acceptors (Lipinski definition) is 4. The van der Waals surface area contributed by atoms with Gasteiger partial charge in [-0.25, -0.2) is 0 Å². The molecule has 0 aromatic carbocycles. The first kappa shape index (κ1) is 15.3. The second-order valence-corrected chi connectivity index (χ2v) is 13.1. The molecule has 0 rings (SSSR count). The highest BCUT2D eigenvalue weighted by Gasteiger charge is 2.34. The maximum absolute atomic E-state index is 6.14. The Hall–Kier alpha value is 0.274. The molecular weight excluding hydrogens is 224 g/mol. The van der Waals surface area contributed by atoms with Crippen molar-refractivity contribution in [2.45, 2.75) is 32.2 Å². The molecule has 1 atom stereocenters. The third kappa shape index (κ3) is 8.12. The Morgan fingerprint density at radius 2 is 1.73 bits per heavy atom. The summed E-state index contributed by atoms with van der Waals surface area (Å²) in [6.45, 7) is 11.2. The quantitative estimate of drug-likeness (QED) is 0.500. The van der Waals surface area contributed by atoms with Crippen molar-refractivity contribution in [3.63, 3.8) is 0 Å². The monoisotopic (exact) mass is 250 g/mol. The molecule has 1 unspecified atom stereocenters. The van der Waals surface area contributed by atoms with E-state index in [0.717, 1.165) is 19.1 Å². The Labute approximate surface area is 95.9 Å². The zero-order valence-corrected chi connectivity index (χ0v) is 12.7. The van der Waals surface area contributed by atoms with Gasteiger partial charge in [-0.05, 0) is 32.7 Å². The normalized spacial score (nSPS) is 16.4. The second-order valence-electron chi connectivity index (χ2n) is 4.84. The first-order valence-corrected chi connectivity index (χ1v) is 11.4. The van der Waals surface area contributed by atoms with Crippen molar-refractivity contribution in [3.8, 4) is 0 Å². The van der Waals surface area contributed by atoms with E-state index < -0.39 is 16.9 Å². The molecule has 0 aliphatic carbocycles. The van der Waals surface area contributed by atoms with Crippen molar-refractivity contribution in [3.05, 3.63) is 0 Å². The topological polar surface area (TPSA) is 56.5 Å². The van der Waals surface area contributed by atoms with Gasteiger partial charge in [-0.2, -0.15) is 0 Å². The number of nitrogens with one attached hydrogen (secondary N) is 1. The Balaban J connectivity index is 3.96. The van der Waals surface area contributed by atoms with E-state index in [9.17, 15) is 0 Å². The number of nitrogens with two attached hydrogens (primary N) is 1. The molecule has 15 heavy (non-hydrogen) atoms. The molecule has 4 nitrogen and oxygen atoms in total. The van der Waals surface area contributed by atoms with E-state index in [1.54, 1.807) is 7.11 Å². The van der Waals surface area contributed by atoms with E-state index in [4.69, 9.17) is 14.3 Å². The van der Waals surface area contributed by atoms with Gasteiger partial charge < -0.3 is 19.6 Å². The van der Waals surface area contributed by atoms with Gasteiger partial charge in [0.1, 0.15) is 0 Å². The summed E-state index contributed by atoms with van der Waals surface area (Å²) in [6.07, 6.45) is 0. The van der Waals surface area contributed by atoms with Crippen LogP contribution in [0.3, 0.4) is 0 Å².